The lowest BCUT2D eigenvalue weighted by atomic mass is 9.77. The fourth-order valence-corrected chi connectivity index (χ4v) is 6.71. The van der Waals surface area contributed by atoms with Crippen molar-refractivity contribution in [2.75, 3.05) is 0 Å². The van der Waals surface area contributed by atoms with Gasteiger partial charge in [-0.3, -0.25) is 4.79 Å². The molecule has 2 fully saturated rings. The van der Waals surface area contributed by atoms with Crippen LogP contribution in [-0.2, 0) is 14.8 Å². The first-order chi connectivity index (χ1) is 14.4. The van der Waals surface area contributed by atoms with E-state index in [2.05, 4.69) is 6.92 Å². The molecule has 0 radical (unpaired) electrons. The highest BCUT2D eigenvalue weighted by atomic mass is 32.2. The van der Waals surface area contributed by atoms with Gasteiger partial charge >= 0.3 is 0 Å². The van der Waals surface area contributed by atoms with Gasteiger partial charge < -0.3 is 0 Å². The number of hydrogen-bond donors (Lipinski definition) is 0. The summed E-state index contributed by atoms with van der Waals surface area (Å²) in [5.74, 6) is 0.803. The zero-order chi connectivity index (χ0) is 21.3. The van der Waals surface area contributed by atoms with Gasteiger partial charge in [0.2, 0.25) is 10.0 Å². The van der Waals surface area contributed by atoms with E-state index in [9.17, 15) is 13.2 Å². The average Bonchev–Trinajstić information content (AvgIpc) is 3.52. The Morgan fingerprint density at radius 3 is 2.20 bits per heavy atom. The zero-order valence-corrected chi connectivity index (χ0v) is 18.6. The Balaban J connectivity index is 1.59. The highest BCUT2D eigenvalue weighted by molar-refractivity contribution is 7.89. The lowest BCUT2D eigenvalue weighted by Crippen LogP contribution is -2.28. The second kappa shape index (κ2) is 8.64. The molecule has 2 aromatic carbocycles. The number of benzene rings is 2. The SMILES string of the molecule is CCCC1CCC(C(=O)[C@@H]2[C@@H](c3ccccc3)N2S(=O)(=O)c2ccc(C)cc2)CC1. The van der Waals surface area contributed by atoms with Crippen LogP contribution in [-0.4, -0.2) is 24.5 Å². The summed E-state index contributed by atoms with van der Waals surface area (Å²) in [6, 6.07) is 15.5. The Labute approximate surface area is 180 Å². The lowest BCUT2D eigenvalue weighted by molar-refractivity contribution is -0.124. The van der Waals surface area contributed by atoms with Gasteiger partial charge in [-0.15, -0.1) is 0 Å². The minimum absolute atomic E-state index is 0.0208. The van der Waals surface area contributed by atoms with Crippen LogP contribution < -0.4 is 0 Å². The maximum absolute atomic E-state index is 13.4. The second-order valence-corrected chi connectivity index (χ2v) is 10.7. The molecule has 1 aliphatic carbocycles. The smallest absolute Gasteiger partial charge is 0.244 e. The Hall–Kier alpha value is -1.98. The molecule has 5 heteroatoms. The third-order valence-electron chi connectivity index (χ3n) is 6.73. The minimum Gasteiger partial charge on any atom is -0.297 e. The summed E-state index contributed by atoms with van der Waals surface area (Å²) in [5, 5.41) is 0. The molecule has 4 rings (SSSR count). The number of carbonyl (C=O) groups is 1. The fourth-order valence-electron chi connectivity index (χ4n) is 4.99. The maximum Gasteiger partial charge on any atom is 0.244 e. The number of aryl methyl sites for hydroxylation is 1. The number of hydrogen-bond acceptors (Lipinski definition) is 3. The van der Waals surface area contributed by atoms with Gasteiger partial charge in [0.25, 0.3) is 0 Å². The zero-order valence-electron chi connectivity index (χ0n) is 17.8. The lowest BCUT2D eigenvalue weighted by Gasteiger charge is -2.27. The highest BCUT2D eigenvalue weighted by Gasteiger charge is 2.60. The quantitative estimate of drug-likeness (QED) is 0.567. The largest absolute Gasteiger partial charge is 0.297 e. The van der Waals surface area contributed by atoms with E-state index in [0.717, 1.165) is 42.7 Å². The third-order valence-corrected chi connectivity index (χ3v) is 8.61. The predicted molar refractivity (Wildman–Crippen MR) is 119 cm³/mol. The van der Waals surface area contributed by atoms with Gasteiger partial charge in [0.05, 0.1) is 10.9 Å². The molecule has 1 unspecified atom stereocenters. The molecular formula is C25H31NO3S. The molecule has 1 aliphatic heterocycles. The number of rotatable bonds is 7. The molecule has 2 aliphatic rings. The normalized spacial score (nSPS) is 28.8. The molecule has 0 spiro atoms. The Morgan fingerprint density at radius 2 is 1.60 bits per heavy atom. The van der Waals surface area contributed by atoms with E-state index in [1.807, 2.05) is 37.3 Å². The number of ketones is 1. The van der Waals surface area contributed by atoms with Gasteiger partial charge in [-0.25, -0.2) is 8.42 Å². The summed E-state index contributed by atoms with van der Waals surface area (Å²) in [6.45, 7) is 4.14. The Bertz CT molecular complexity index is 977. The van der Waals surface area contributed by atoms with Crippen LogP contribution in [0.4, 0.5) is 0 Å². The van der Waals surface area contributed by atoms with Gasteiger partial charge in [0.1, 0.15) is 6.04 Å². The minimum atomic E-state index is -3.72. The summed E-state index contributed by atoms with van der Waals surface area (Å²) in [4.78, 5) is 13.7. The molecule has 0 amide bonds. The average molecular weight is 426 g/mol. The molecule has 3 atom stereocenters. The van der Waals surface area contributed by atoms with Crippen LogP contribution in [0, 0.1) is 18.8 Å². The van der Waals surface area contributed by atoms with Crippen molar-refractivity contribution < 1.29 is 13.2 Å². The van der Waals surface area contributed by atoms with Crippen molar-refractivity contribution >= 4 is 15.8 Å². The topological polar surface area (TPSA) is 54.2 Å². The number of Topliss-reactive ketones (excluding diaryl/α,β-unsaturated/α-hetero) is 1. The van der Waals surface area contributed by atoms with Crippen LogP contribution in [0.1, 0.15) is 62.6 Å². The molecule has 1 saturated heterocycles. The van der Waals surface area contributed by atoms with Crippen molar-refractivity contribution in [3.05, 3.63) is 65.7 Å². The standard InChI is InChI=1S/C25H31NO3S/c1-3-7-19-12-14-21(15-13-19)25(27)24-23(20-8-5-4-6-9-20)26(24)30(28,29)22-16-10-18(2)11-17-22/h4-6,8-11,16-17,19,21,23-24H,3,7,12-15H2,1-2H3/t19?,21?,23-,24+,26?/m1/s1. The highest BCUT2D eigenvalue weighted by Crippen LogP contribution is 2.50. The summed E-state index contributed by atoms with van der Waals surface area (Å²) >= 11 is 0. The predicted octanol–water partition coefficient (Wildman–Crippen LogP) is 5.28. The van der Waals surface area contributed by atoms with Gasteiger partial charge in [-0.1, -0.05) is 67.8 Å². The van der Waals surface area contributed by atoms with Gasteiger partial charge in [-0.05, 0) is 56.2 Å². The van der Waals surface area contributed by atoms with Crippen LogP contribution in [0.2, 0.25) is 0 Å². The second-order valence-electron chi connectivity index (χ2n) is 8.86. The van der Waals surface area contributed by atoms with Crippen molar-refractivity contribution in [1.82, 2.24) is 4.31 Å². The summed E-state index contributed by atoms with van der Waals surface area (Å²) < 4.78 is 28.2. The molecule has 0 N–H and O–H groups in total. The summed E-state index contributed by atoms with van der Waals surface area (Å²) in [6.07, 6.45) is 6.35. The van der Waals surface area contributed by atoms with Gasteiger partial charge in [-0.2, -0.15) is 4.31 Å². The molecule has 30 heavy (non-hydrogen) atoms. The maximum atomic E-state index is 13.4. The Morgan fingerprint density at radius 1 is 0.967 bits per heavy atom. The molecule has 0 aromatic heterocycles. The van der Waals surface area contributed by atoms with Gasteiger partial charge in [0.15, 0.2) is 5.78 Å². The molecule has 160 valence electrons. The van der Waals surface area contributed by atoms with Crippen molar-refractivity contribution in [2.24, 2.45) is 11.8 Å². The van der Waals surface area contributed by atoms with E-state index < -0.39 is 22.1 Å². The fraction of sp³-hybridized carbons (Fsp3) is 0.480. The summed E-state index contributed by atoms with van der Waals surface area (Å²) in [7, 11) is -3.72. The van der Waals surface area contributed by atoms with Crippen LogP contribution >= 0.6 is 0 Å². The van der Waals surface area contributed by atoms with Crippen molar-refractivity contribution in [3.8, 4) is 0 Å². The monoisotopic (exact) mass is 425 g/mol. The molecule has 0 bridgehead atoms. The van der Waals surface area contributed by atoms with Crippen LogP contribution in [0.15, 0.2) is 59.5 Å². The first kappa shape index (κ1) is 21.3. The number of carbonyl (C=O) groups excluding carboxylic acids is 1. The molecule has 1 saturated carbocycles. The van der Waals surface area contributed by atoms with E-state index in [1.165, 1.54) is 17.1 Å². The first-order valence-electron chi connectivity index (χ1n) is 11.1. The molecular weight excluding hydrogens is 394 g/mol. The van der Waals surface area contributed by atoms with Gasteiger partial charge in [0, 0.05) is 5.92 Å². The molecule has 2 aromatic rings. The molecule has 1 heterocycles. The van der Waals surface area contributed by atoms with E-state index in [1.54, 1.807) is 24.3 Å². The third kappa shape index (κ3) is 4.10. The van der Waals surface area contributed by atoms with E-state index in [0.29, 0.717) is 0 Å². The van der Waals surface area contributed by atoms with E-state index >= 15 is 0 Å². The number of sulfonamides is 1. The van der Waals surface area contributed by atoms with Crippen LogP contribution in [0.5, 0.6) is 0 Å². The number of nitrogens with zero attached hydrogens (tertiary/aromatic N) is 1. The van der Waals surface area contributed by atoms with E-state index in [-0.39, 0.29) is 16.6 Å². The van der Waals surface area contributed by atoms with Crippen LogP contribution in [0.3, 0.4) is 0 Å². The Kier molecular flexibility index (Phi) is 6.12. The van der Waals surface area contributed by atoms with E-state index in [4.69, 9.17) is 0 Å². The molecule has 4 nitrogen and oxygen atoms in total. The van der Waals surface area contributed by atoms with Crippen molar-refractivity contribution in [3.63, 3.8) is 0 Å². The van der Waals surface area contributed by atoms with Crippen molar-refractivity contribution in [2.45, 2.75) is 69.4 Å². The summed E-state index contributed by atoms with van der Waals surface area (Å²) in [5.41, 5.74) is 1.90. The first-order valence-corrected chi connectivity index (χ1v) is 12.6. The van der Waals surface area contributed by atoms with Crippen LogP contribution in [0.25, 0.3) is 0 Å². The van der Waals surface area contributed by atoms with Crippen molar-refractivity contribution in [1.29, 1.82) is 0 Å².